The zero-order valence-corrected chi connectivity index (χ0v) is 11.7. The summed E-state index contributed by atoms with van der Waals surface area (Å²) in [6, 6.07) is 1.42. The second-order valence-electron chi connectivity index (χ2n) is 4.38. The molecule has 21 heavy (non-hydrogen) atoms. The van der Waals surface area contributed by atoms with Gasteiger partial charge in [0.1, 0.15) is 11.4 Å². The van der Waals surface area contributed by atoms with Gasteiger partial charge in [-0.05, 0) is 25.8 Å². The first-order valence-electron chi connectivity index (χ1n) is 6.56. The summed E-state index contributed by atoms with van der Waals surface area (Å²) in [4.78, 5) is 15.7. The first-order valence-corrected chi connectivity index (χ1v) is 6.56. The van der Waals surface area contributed by atoms with Gasteiger partial charge in [0.25, 0.3) is 0 Å². The highest BCUT2D eigenvalue weighted by Crippen LogP contribution is 2.22. The van der Waals surface area contributed by atoms with Crippen molar-refractivity contribution in [3.05, 3.63) is 17.8 Å². The van der Waals surface area contributed by atoms with Crippen LogP contribution in [0, 0.1) is 0 Å². The number of nitrogen functional groups attached to an aromatic ring is 1. The van der Waals surface area contributed by atoms with Gasteiger partial charge in [0.05, 0.1) is 18.5 Å². The van der Waals surface area contributed by atoms with Crippen molar-refractivity contribution in [2.24, 2.45) is 0 Å². The standard InChI is InChI=1S/C13H18F3N3O2/c1-2-21-12(20)10-7-9(17)8-19-11(10)18-6-4-3-5-13(14,15)16/h7-8H,2-6,17H2,1H3,(H,18,19). The van der Waals surface area contributed by atoms with Crippen LogP contribution in [0.4, 0.5) is 24.7 Å². The number of aromatic nitrogens is 1. The molecular weight excluding hydrogens is 287 g/mol. The van der Waals surface area contributed by atoms with Crippen LogP contribution >= 0.6 is 0 Å². The Morgan fingerprint density at radius 2 is 2.14 bits per heavy atom. The van der Waals surface area contributed by atoms with Crippen LogP contribution in [0.15, 0.2) is 12.3 Å². The lowest BCUT2D eigenvalue weighted by Crippen LogP contribution is -2.13. The molecular formula is C13H18F3N3O2. The highest BCUT2D eigenvalue weighted by molar-refractivity contribution is 5.95. The van der Waals surface area contributed by atoms with Gasteiger partial charge in [-0.2, -0.15) is 13.2 Å². The van der Waals surface area contributed by atoms with E-state index in [1.807, 2.05) is 0 Å². The molecule has 0 saturated carbocycles. The quantitative estimate of drug-likeness (QED) is 0.598. The predicted octanol–water partition coefficient (Wildman–Crippen LogP) is 2.99. The molecule has 0 amide bonds. The van der Waals surface area contributed by atoms with Gasteiger partial charge in [-0.15, -0.1) is 0 Å². The maximum Gasteiger partial charge on any atom is 0.389 e. The van der Waals surface area contributed by atoms with Crippen molar-refractivity contribution in [3.63, 3.8) is 0 Å². The van der Waals surface area contributed by atoms with Crippen LogP contribution in [-0.2, 0) is 4.74 Å². The Bertz CT molecular complexity index is 478. The van der Waals surface area contributed by atoms with Gasteiger partial charge >= 0.3 is 12.1 Å². The number of anilines is 2. The highest BCUT2D eigenvalue weighted by atomic mass is 19.4. The van der Waals surface area contributed by atoms with Crippen LogP contribution in [0.2, 0.25) is 0 Å². The topological polar surface area (TPSA) is 77.2 Å². The van der Waals surface area contributed by atoms with Crippen LogP contribution in [-0.4, -0.2) is 30.3 Å². The number of ether oxygens (including phenoxy) is 1. The minimum atomic E-state index is -4.14. The molecule has 0 unspecified atom stereocenters. The largest absolute Gasteiger partial charge is 0.462 e. The fourth-order valence-corrected chi connectivity index (χ4v) is 1.64. The van der Waals surface area contributed by atoms with E-state index in [0.29, 0.717) is 12.1 Å². The normalized spacial score (nSPS) is 11.2. The fourth-order valence-electron chi connectivity index (χ4n) is 1.64. The van der Waals surface area contributed by atoms with Crippen LogP contribution in [0.5, 0.6) is 0 Å². The molecule has 0 bridgehead atoms. The lowest BCUT2D eigenvalue weighted by molar-refractivity contribution is -0.135. The number of halogens is 3. The van der Waals surface area contributed by atoms with Crippen LogP contribution in [0.3, 0.4) is 0 Å². The number of alkyl halides is 3. The average Bonchev–Trinajstić information content (AvgIpc) is 2.38. The van der Waals surface area contributed by atoms with Gasteiger partial charge < -0.3 is 15.8 Å². The van der Waals surface area contributed by atoms with E-state index in [4.69, 9.17) is 10.5 Å². The van der Waals surface area contributed by atoms with Crippen molar-refractivity contribution < 1.29 is 22.7 Å². The third kappa shape index (κ3) is 6.33. The molecule has 0 atom stereocenters. The molecule has 0 aromatic carbocycles. The van der Waals surface area contributed by atoms with Crippen molar-refractivity contribution in [2.75, 3.05) is 24.2 Å². The Kier molecular flexibility index (Phi) is 6.26. The number of nitrogens with zero attached hydrogens (tertiary/aromatic N) is 1. The Balaban J connectivity index is 2.56. The van der Waals surface area contributed by atoms with E-state index >= 15 is 0 Å². The lowest BCUT2D eigenvalue weighted by atomic mass is 10.2. The van der Waals surface area contributed by atoms with Crippen molar-refractivity contribution in [3.8, 4) is 0 Å². The average molecular weight is 305 g/mol. The summed E-state index contributed by atoms with van der Waals surface area (Å²) in [6.07, 6.45) is -3.28. The molecule has 1 heterocycles. The number of hydrogen-bond acceptors (Lipinski definition) is 5. The van der Waals surface area contributed by atoms with Gasteiger partial charge in [0, 0.05) is 13.0 Å². The van der Waals surface area contributed by atoms with Gasteiger partial charge in [-0.1, -0.05) is 0 Å². The molecule has 0 aliphatic heterocycles. The van der Waals surface area contributed by atoms with E-state index in [-0.39, 0.29) is 31.0 Å². The minimum Gasteiger partial charge on any atom is -0.462 e. The number of rotatable bonds is 7. The van der Waals surface area contributed by atoms with E-state index in [2.05, 4.69) is 10.3 Å². The maximum atomic E-state index is 12.0. The summed E-state index contributed by atoms with van der Waals surface area (Å²) in [5.41, 5.74) is 6.04. The first kappa shape index (κ1) is 17.1. The fraction of sp³-hybridized carbons (Fsp3) is 0.538. The van der Waals surface area contributed by atoms with Gasteiger partial charge in [0.2, 0.25) is 0 Å². The Hall–Kier alpha value is -1.99. The molecule has 0 fully saturated rings. The smallest absolute Gasteiger partial charge is 0.389 e. The SMILES string of the molecule is CCOC(=O)c1cc(N)cnc1NCCCCC(F)(F)F. The number of nitrogens with two attached hydrogens (primary N) is 1. The third-order valence-electron chi connectivity index (χ3n) is 2.58. The molecule has 0 radical (unpaired) electrons. The molecule has 8 heteroatoms. The summed E-state index contributed by atoms with van der Waals surface area (Å²) in [6.45, 7) is 2.15. The van der Waals surface area contributed by atoms with Gasteiger partial charge in [0.15, 0.2) is 0 Å². The maximum absolute atomic E-state index is 12.0. The summed E-state index contributed by atoms with van der Waals surface area (Å²) >= 11 is 0. The Morgan fingerprint density at radius 3 is 2.76 bits per heavy atom. The van der Waals surface area contributed by atoms with E-state index in [0.717, 1.165) is 0 Å². The highest BCUT2D eigenvalue weighted by Gasteiger charge is 2.25. The Morgan fingerprint density at radius 1 is 1.43 bits per heavy atom. The van der Waals surface area contributed by atoms with Crippen LogP contribution in [0.25, 0.3) is 0 Å². The predicted molar refractivity (Wildman–Crippen MR) is 73.0 cm³/mol. The van der Waals surface area contributed by atoms with E-state index < -0.39 is 18.6 Å². The second-order valence-corrected chi connectivity index (χ2v) is 4.38. The molecule has 0 saturated heterocycles. The molecule has 1 aromatic rings. The van der Waals surface area contributed by atoms with Crippen LogP contribution in [0.1, 0.15) is 36.5 Å². The summed E-state index contributed by atoms with van der Waals surface area (Å²) in [7, 11) is 0. The first-order chi connectivity index (χ1) is 9.83. The number of carbonyl (C=O) groups is 1. The number of nitrogens with one attached hydrogen (secondary N) is 1. The molecule has 0 spiro atoms. The van der Waals surface area contributed by atoms with Crippen molar-refractivity contribution in [2.45, 2.75) is 32.4 Å². The van der Waals surface area contributed by atoms with Crippen molar-refractivity contribution in [1.29, 1.82) is 0 Å². The summed E-state index contributed by atoms with van der Waals surface area (Å²) < 4.78 is 40.9. The number of esters is 1. The number of unbranched alkanes of at least 4 members (excludes halogenated alkanes) is 1. The summed E-state index contributed by atoms with van der Waals surface area (Å²) in [5, 5.41) is 2.83. The lowest BCUT2D eigenvalue weighted by Gasteiger charge is -2.11. The molecule has 1 aromatic heterocycles. The molecule has 118 valence electrons. The molecule has 0 aliphatic carbocycles. The van der Waals surface area contributed by atoms with E-state index in [1.54, 1.807) is 6.92 Å². The van der Waals surface area contributed by atoms with Crippen molar-refractivity contribution in [1.82, 2.24) is 4.98 Å². The molecule has 1 rings (SSSR count). The third-order valence-corrected chi connectivity index (χ3v) is 2.58. The molecule has 5 nitrogen and oxygen atoms in total. The zero-order chi connectivity index (χ0) is 15.9. The molecule has 0 aliphatic rings. The van der Waals surface area contributed by atoms with Gasteiger partial charge in [-0.3, -0.25) is 0 Å². The minimum absolute atomic E-state index is 0.0141. The summed E-state index contributed by atoms with van der Waals surface area (Å²) in [5.74, 6) is -0.315. The monoisotopic (exact) mass is 305 g/mol. The number of carbonyl (C=O) groups excluding carboxylic acids is 1. The van der Waals surface area contributed by atoms with E-state index in [1.165, 1.54) is 12.3 Å². The number of pyridine rings is 1. The second kappa shape index (κ2) is 7.70. The number of hydrogen-bond donors (Lipinski definition) is 2. The zero-order valence-electron chi connectivity index (χ0n) is 11.7. The van der Waals surface area contributed by atoms with E-state index in [9.17, 15) is 18.0 Å². The van der Waals surface area contributed by atoms with Crippen LogP contribution < -0.4 is 11.1 Å². The molecule has 3 N–H and O–H groups in total. The van der Waals surface area contributed by atoms with Gasteiger partial charge in [-0.25, -0.2) is 9.78 Å². The van der Waals surface area contributed by atoms with Crippen molar-refractivity contribution >= 4 is 17.5 Å². The Labute approximate surface area is 120 Å².